The zero-order valence-electron chi connectivity index (χ0n) is 10.9. The third-order valence-corrected chi connectivity index (χ3v) is 3.46. The van der Waals surface area contributed by atoms with Crippen molar-refractivity contribution in [1.82, 2.24) is 5.32 Å². The topological polar surface area (TPSA) is 72.5 Å². The van der Waals surface area contributed by atoms with Crippen LogP contribution in [-0.4, -0.2) is 39.5 Å². The van der Waals surface area contributed by atoms with Gasteiger partial charge in [-0.1, -0.05) is 0 Å². The third kappa shape index (κ3) is 4.86. The van der Waals surface area contributed by atoms with Gasteiger partial charge in [-0.2, -0.15) is 0 Å². The van der Waals surface area contributed by atoms with E-state index in [4.69, 9.17) is 4.74 Å². The number of sulfone groups is 1. The number of methoxy groups -OCH3 is 1. The van der Waals surface area contributed by atoms with Crippen LogP contribution in [0.25, 0.3) is 0 Å². The smallest absolute Gasteiger partial charge is 0.254 e. The van der Waals surface area contributed by atoms with Gasteiger partial charge in [-0.15, -0.1) is 0 Å². The highest BCUT2D eigenvalue weighted by Crippen LogP contribution is 2.16. The van der Waals surface area contributed by atoms with Crippen LogP contribution in [0.3, 0.4) is 0 Å². The van der Waals surface area contributed by atoms with Crippen molar-refractivity contribution >= 4 is 15.7 Å². The summed E-state index contributed by atoms with van der Waals surface area (Å²) in [6.07, 6.45) is 1.07. The van der Waals surface area contributed by atoms with Gasteiger partial charge in [-0.05, 0) is 19.1 Å². The predicted molar refractivity (Wildman–Crippen MR) is 69.6 cm³/mol. The first-order valence-electron chi connectivity index (χ1n) is 5.55. The molecule has 1 unspecified atom stereocenters. The average Bonchev–Trinajstić information content (AvgIpc) is 2.25. The summed E-state index contributed by atoms with van der Waals surface area (Å²) in [7, 11) is -1.81. The lowest BCUT2D eigenvalue weighted by molar-refractivity contribution is 0.0939. The van der Waals surface area contributed by atoms with Gasteiger partial charge >= 0.3 is 0 Å². The van der Waals surface area contributed by atoms with Gasteiger partial charge in [0.1, 0.15) is 21.4 Å². The first kappa shape index (κ1) is 15.4. The Labute approximate surface area is 111 Å². The quantitative estimate of drug-likeness (QED) is 0.877. The van der Waals surface area contributed by atoms with Crippen molar-refractivity contribution in [2.75, 3.05) is 19.1 Å². The zero-order valence-corrected chi connectivity index (χ0v) is 11.8. The minimum atomic E-state index is -3.20. The summed E-state index contributed by atoms with van der Waals surface area (Å²) < 4.78 is 40.6. The Morgan fingerprint density at radius 2 is 2.11 bits per heavy atom. The molecule has 0 aromatic heterocycles. The Hall–Kier alpha value is -1.63. The average molecular weight is 289 g/mol. The number of ether oxygens (including phenoxy) is 1. The minimum absolute atomic E-state index is 0.152. The molecular weight excluding hydrogens is 273 g/mol. The van der Waals surface area contributed by atoms with Crippen LogP contribution < -0.4 is 10.1 Å². The second-order valence-corrected chi connectivity index (χ2v) is 6.50. The fourth-order valence-corrected chi connectivity index (χ4v) is 2.60. The highest BCUT2D eigenvalue weighted by atomic mass is 32.2. The lowest BCUT2D eigenvalue weighted by atomic mass is 10.2. The van der Waals surface area contributed by atoms with Gasteiger partial charge in [0.05, 0.1) is 18.4 Å². The van der Waals surface area contributed by atoms with Crippen molar-refractivity contribution in [1.29, 1.82) is 0 Å². The fraction of sp³-hybridized carbons (Fsp3) is 0.417. The molecule has 1 aromatic rings. The van der Waals surface area contributed by atoms with Crippen molar-refractivity contribution in [2.24, 2.45) is 0 Å². The lowest BCUT2D eigenvalue weighted by Gasteiger charge is -2.13. The molecule has 0 saturated heterocycles. The SMILES string of the molecule is COc1ccc(C(=O)NC(C)CS(C)(=O)=O)c(F)c1. The molecular formula is C12H16FNO4S. The highest BCUT2D eigenvalue weighted by molar-refractivity contribution is 7.90. The molecule has 0 spiro atoms. The van der Waals surface area contributed by atoms with Crippen LogP contribution in [0.15, 0.2) is 18.2 Å². The van der Waals surface area contributed by atoms with Crippen LogP contribution in [0.2, 0.25) is 0 Å². The molecule has 1 amide bonds. The molecule has 0 saturated carbocycles. The normalized spacial score (nSPS) is 12.8. The van der Waals surface area contributed by atoms with Gasteiger partial charge in [0, 0.05) is 18.4 Å². The molecule has 0 aliphatic heterocycles. The van der Waals surface area contributed by atoms with E-state index in [9.17, 15) is 17.6 Å². The van der Waals surface area contributed by atoms with Gasteiger partial charge in [0.2, 0.25) is 0 Å². The molecule has 0 bridgehead atoms. The van der Waals surface area contributed by atoms with Crippen LogP contribution in [0.1, 0.15) is 17.3 Å². The van der Waals surface area contributed by atoms with Gasteiger partial charge < -0.3 is 10.1 Å². The molecule has 19 heavy (non-hydrogen) atoms. The van der Waals surface area contributed by atoms with Gasteiger partial charge in [0.25, 0.3) is 5.91 Å². The van der Waals surface area contributed by atoms with Gasteiger partial charge in [0.15, 0.2) is 0 Å². The summed E-state index contributed by atoms with van der Waals surface area (Å²) >= 11 is 0. The van der Waals surface area contributed by atoms with E-state index < -0.39 is 27.6 Å². The van der Waals surface area contributed by atoms with Crippen molar-refractivity contribution in [3.05, 3.63) is 29.6 Å². The lowest BCUT2D eigenvalue weighted by Crippen LogP contribution is -2.37. The third-order valence-electron chi connectivity index (χ3n) is 2.35. The second-order valence-electron chi connectivity index (χ2n) is 4.31. The molecule has 5 nitrogen and oxygen atoms in total. The van der Waals surface area contributed by atoms with Crippen molar-refractivity contribution in [3.63, 3.8) is 0 Å². The van der Waals surface area contributed by atoms with Crippen LogP contribution in [0.5, 0.6) is 5.75 Å². The number of nitrogens with one attached hydrogen (secondary N) is 1. The molecule has 0 heterocycles. The molecule has 0 aliphatic rings. The Morgan fingerprint density at radius 1 is 1.47 bits per heavy atom. The van der Waals surface area contributed by atoms with E-state index in [1.54, 1.807) is 6.92 Å². The summed E-state index contributed by atoms with van der Waals surface area (Å²) in [5, 5.41) is 2.43. The summed E-state index contributed by atoms with van der Waals surface area (Å²) in [6, 6.07) is 3.25. The first-order valence-corrected chi connectivity index (χ1v) is 7.61. The number of rotatable bonds is 5. The van der Waals surface area contributed by atoms with Crippen LogP contribution >= 0.6 is 0 Å². The Kier molecular flexibility index (Phi) is 4.88. The molecule has 1 atom stereocenters. The number of carbonyl (C=O) groups is 1. The van der Waals surface area contributed by atoms with E-state index in [2.05, 4.69) is 5.32 Å². The maximum absolute atomic E-state index is 13.6. The zero-order chi connectivity index (χ0) is 14.6. The number of carbonyl (C=O) groups excluding carboxylic acids is 1. The summed E-state index contributed by atoms with van der Waals surface area (Å²) in [4.78, 5) is 11.8. The molecule has 0 aliphatic carbocycles. The Bertz CT molecular complexity index is 571. The number of hydrogen-bond donors (Lipinski definition) is 1. The molecule has 0 radical (unpaired) electrons. The Morgan fingerprint density at radius 3 is 2.58 bits per heavy atom. The Balaban J connectivity index is 2.79. The van der Waals surface area contributed by atoms with E-state index in [1.165, 1.54) is 19.2 Å². The minimum Gasteiger partial charge on any atom is -0.497 e. The van der Waals surface area contributed by atoms with E-state index in [1.807, 2.05) is 0 Å². The van der Waals surface area contributed by atoms with E-state index in [-0.39, 0.29) is 11.3 Å². The number of halogens is 1. The highest BCUT2D eigenvalue weighted by Gasteiger charge is 2.17. The largest absolute Gasteiger partial charge is 0.497 e. The summed E-state index contributed by atoms with van der Waals surface area (Å²) in [5.74, 6) is -1.27. The van der Waals surface area contributed by atoms with Crippen molar-refractivity contribution in [2.45, 2.75) is 13.0 Å². The maximum atomic E-state index is 13.6. The number of amides is 1. The van der Waals surface area contributed by atoms with Crippen LogP contribution in [-0.2, 0) is 9.84 Å². The maximum Gasteiger partial charge on any atom is 0.254 e. The van der Waals surface area contributed by atoms with Crippen molar-refractivity contribution in [3.8, 4) is 5.75 Å². The monoisotopic (exact) mass is 289 g/mol. The molecule has 0 fully saturated rings. The molecule has 1 N–H and O–H groups in total. The van der Waals surface area contributed by atoms with Crippen LogP contribution in [0.4, 0.5) is 4.39 Å². The summed E-state index contributed by atoms with van der Waals surface area (Å²) in [6.45, 7) is 1.54. The predicted octanol–water partition coefficient (Wildman–Crippen LogP) is 0.997. The first-order chi connectivity index (χ1) is 8.73. The fourth-order valence-electron chi connectivity index (χ4n) is 1.60. The standard InChI is InChI=1S/C12H16FNO4S/c1-8(7-19(3,16)17)14-12(15)10-5-4-9(18-2)6-11(10)13/h4-6,8H,7H2,1-3H3,(H,14,15). The van der Waals surface area contributed by atoms with Gasteiger partial charge in [-0.25, -0.2) is 12.8 Å². The van der Waals surface area contributed by atoms with E-state index in [0.29, 0.717) is 5.75 Å². The van der Waals surface area contributed by atoms with Crippen molar-refractivity contribution < 1.29 is 22.3 Å². The molecule has 1 rings (SSSR count). The molecule has 106 valence electrons. The number of hydrogen-bond acceptors (Lipinski definition) is 4. The summed E-state index contributed by atoms with van der Waals surface area (Å²) in [5.41, 5.74) is -0.152. The molecule has 1 aromatic carbocycles. The number of benzene rings is 1. The van der Waals surface area contributed by atoms with Crippen LogP contribution in [0, 0.1) is 5.82 Å². The van der Waals surface area contributed by atoms with E-state index >= 15 is 0 Å². The van der Waals surface area contributed by atoms with E-state index in [0.717, 1.165) is 12.3 Å². The van der Waals surface area contributed by atoms with Gasteiger partial charge in [-0.3, -0.25) is 4.79 Å². The molecule has 7 heteroatoms. The second kappa shape index (κ2) is 6.01.